The van der Waals surface area contributed by atoms with E-state index in [0.29, 0.717) is 0 Å². The number of hydrogen-bond donors (Lipinski definition) is 0. The first-order valence-electron chi connectivity index (χ1n) is 23.4. The van der Waals surface area contributed by atoms with Crippen LogP contribution in [0.5, 0.6) is 0 Å². The Kier molecular flexibility index (Phi) is 6.05. The Morgan fingerprint density at radius 2 is 1.07 bits per heavy atom. The molecule has 0 fully saturated rings. The first kappa shape index (κ1) is 27.0. The van der Waals surface area contributed by atoms with Crippen molar-refractivity contribution in [2.24, 2.45) is 0 Å². The lowest BCUT2D eigenvalue weighted by atomic mass is 9.65. The van der Waals surface area contributed by atoms with E-state index in [2.05, 4.69) is 125 Å². The van der Waals surface area contributed by atoms with Gasteiger partial charge in [-0.1, -0.05) is 176 Å². The minimum absolute atomic E-state index is 0.0594. The van der Waals surface area contributed by atoms with E-state index in [1.165, 1.54) is 0 Å². The average molecular weight is 758 g/mol. The molecule has 1 aliphatic carbocycles. The number of fused-ring (bicyclic) bond motifs is 8. The van der Waals surface area contributed by atoms with Crippen LogP contribution in [0.4, 0.5) is 17.1 Å². The number of hydrogen-bond acceptors (Lipinski definition) is 1. The van der Waals surface area contributed by atoms with Crippen molar-refractivity contribution in [1.29, 1.82) is 0 Å². The van der Waals surface area contributed by atoms with Gasteiger partial charge in [0.25, 0.3) is 0 Å². The molecule has 0 spiro atoms. The van der Waals surface area contributed by atoms with Gasteiger partial charge in [0.05, 0.1) is 31.7 Å². The van der Waals surface area contributed by atoms with Gasteiger partial charge in [0.2, 0.25) is 0 Å². The molecule has 0 radical (unpaired) electrons. The van der Waals surface area contributed by atoms with Gasteiger partial charge < -0.3 is 9.47 Å². The summed E-state index contributed by atoms with van der Waals surface area (Å²) in [5.41, 5.74) is 8.65. The van der Waals surface area contributed by atoms with Crippen LogP contribution >= 0.6 is 0 Å². The highest BCUT2D eigenvalue weighted by Gasteiger charge is 2.48. The largest absolute Gasteiger partial charge is 0.310 e. The van der Waals surface area contributed by atoms with Gasteiger partial charge in [0.15, 0.2) is 0 Å². The second kappa shape index (κ2) is 13.2. The molecule has 11 aromatic rings. The zero-order valence-corrected chi connectivity index (χ0v) is 31.8. The maximum atomic E-state index is 10.1. The highest BCUT2D eigenvalue weighted by molar-refractivity contribution is 6.13. The van der Waals surface area contributed by atoms with Gasteiger partial charge >= 0.3 is 0 Å². The van der Waals surface area contributed by atoms with E-state index >= 15 is 0 Å². The fraction of sp³-hybridized carbons (Fsp3) is 0.0175. The molecule has 1 unspecified atom stereocenters. The predicted octanol–water partition coefficient (Wildman–Crippen LogP) is 14.9. The van der Waals surface area contributed by atoms with Crippen molar-refractivity contribution in [1.82, 2.24) is 4.57 Å². The van der Waals surface area contributed by atoms with E-state index in [4.69, 9.17) is 2.74 Å². The van der Waals surface area contributed by atoms with Gasteiger partial charge in [-0.3, -0.25) is 0 Å². The third-order valence-corrected chi connectivity index (χ3v) is 12.1. The van der Waals surface area contributed by atoms with Crippen LogP contribution in [0, 0.1) is 0 Å². The molecule has 2 nitrogen and oxygen atoms in total. The lowest BCUT2D eigenvalue weighted by molar-refractivity contribution is 0.785. The van der Waals surface area contributed by atoms with Crippen LogP contribution < -0.4 is 4.90 Å². The molecule has 0 N–H and O–H groups in total. The molecule has 0 saturated heterocycles. The summed E-state index contributed by atoms with van der Waals surface area (Å²) in [5.74, 6) is 0. The molecule has 276 valence electrons. The van der Waals surface area contributed by atoms with Gasteiger partial charge in [-0.25, -0.2) is 0 Å². The normalized spacial score (nSPS) is 16.2. The second-order valence-corrected chi connectivity index (χ2v) is 15.1. The minimum atomic E-state index is -1.44. The van der Waals surface area contributed by atoms with Gasteiger partial charge in [-0.15, -0.1) is 0 Å². The number of aromatic nitrogens is 1. The van der Waals surface area contributed by atoms with E-state index in [0.717, 1.165) is 83.1 Å². The molecule has 59 heavy (non-hydrogen) atoms. The number of anilines is 3. The zero-order chi connectivity index (χ0) is 45.0. The molecule has 0 amide bonds. The van der Waals surface area contributed by atoms with E-state index in [9.17, 15) is 6.85 Å². The van der Waals surface area contributed by atoms with Crippen molar-refractivity contribution in [3.8, 4) is 16.8 Å². The summed E-state index contributed by atoms with van der Waals surface area (Å²) in [7, 11) is 0. The molecule has 0 bridgehead atoms. The monoisotopic (exact) mass is 757 g/mol. The van der Waals surface area contributed by atoms with Gasteiger partial charge in [0, 0.05) is 33.2 Å². The van der Waals surface area contributed by atoms with Gasteiger partial charge in [0.1, 0.15) is 0 Å². The number of para-hydroxylation sites is 3. The van der Waals surface area contributed by atoms with Gasteiger partial charge in [-0.2, -0.15) is 0 Å². The summed E-state index contributed by atoms with van der Waals surface area (Å²) in [6, 6.07) is 61.3. The number of rotatable bonds is 6. The van der Waals surface area contributed by atoms with Crippen LogP contribution in [0.15, 0.2) is 230 Å². The smallest absolute Gasteiger partial charge is 0.0726 e. The molecule has 0 saturated carbocycles. The van der Waals surface area contributed by atoms with E-state index in [-0.39, 0.29) is 28.4 Å². The molecule has 1 aliphatic rings. The maximum Gasteiger partial charge on any atom is 0.0726 e. The van der Waals surface area contributed by atoms with E-state index < -0.39 is 35.6 Å². The fourth-order valence-electron chi connectivity index (χ4n) is 9.79. The van der Waals surface area contributed by atoms with Gasteiger partial charge in [-0.05, 0) is 104 Å². The summed E-state index contributed by atoms with van der Waals surface area (Å²) >= 11 is 0. The van der Waals surface area contributed by atoms with Crippen molar-refractivity contribution in [2.45, 2.75) is 5.41 Å². The highest BCUT2D eigenvalue weighted by atomic mass is 15.1. The molecule has 0 aliphatic heterocycles. The maximum absolute atomic E-state index is 10.1. The average Bonchev–Trinajstić information content (AvgIpc) is 3.85. The van der Waals surface area contributed by atoms with Crippen molar-refractivity contribution in [2.75, 3.05) is 4.90 Å². The molecule has 1 atom stereocenters. The van der Waals surface area contributed by atoms with Crippen LogP contribution in [0.1, 0.15) is 31.8 Å². The Morgan fingerprint density at radius 3 is 1.97 bits per heavy atom. The van der Waals surface area contributed by atoms with Crippen LogP contribution in [0.25, 0.3) is 60.2 Å². The Hall–Kier alpha value is -7.68. The van der Waals surface area contributed by atoms with Crippen LogP contribution in [-0.2, 0) is 5.41 Å². The molecular formula is C57H38N2. The summed E-state index contributed by atoms with van der Waals surface area (Å²) < 4.78 is 67.7. The number of benzene rings is 10. The topological polar surface area (TPSA) is 8.17 Å². The van der Waals surface area contributed by atoms with Crippen molar-refractivity contribution < 1.29 is 9.60 Å². The molecule has 10 aromatic carbocycles. The molecule has 2 heteroatoms. The first-order valence-corrected chi connectivity index (χ1v) is 19.9. The zero-order valence-electron chi connectivity index (χ0n) is 38.8. The first-order chi connectivity index (χ1) is 32.2. The summed E-state index contributed by atoms with van der Waals surface area (Å²) in [6.45, 7) is 0. The molecular weight excluding hydrogens is 713 g/mol. The standard InChI is InChI=1S/C57H38N2/c1-3-22-41(23-4-1)58(53-34-16-21-40-19-8-10-27-45(40)53)43-36-37-51-48(38-43)46-28-11-13-30-50(46)57(51,49-31-15-20-39-18-7-9-26-44(39)49)52-32-17-35-55-56(52)47-29-12-14-33-54(47)59(55)42-24-5-2-6-25-42/h1-38H/i7D,9D,15D,18D,20D,26D,31D. The Balaban J connectivity index is 1.28. The Morgan fingerprint density at radius 1 is 0.407 bits per heavy atom. The summed E-state index contributed by atoms with van der Waals surface area (Å²) in [5, 5.41) is 4.03. The third-order valence-electron chi connectivity index (χ3n) is 12.1. The highest BCUT2D eigenvalue weighted by Crippen LogP contribution is 2.60. The van der Waals surface area contributed by atoms with Crippen molar-refractivity contribution >= 4 is 60.4 Å². The molecule has 12 rings (SSSR count). The second-order valence-electron chi connectivity index (χ2n) is 15.1. The summed E-state index contributed by atoms with van der Waals surface area (Å²) in [6.07, 6.45) is 0. The lowest BCUT2D eigenvalue weighted by Gasteiger charge is -2.36. The fourth-order valence-corrected chi connectivity index (χ4v) is 9.79. The lowest BCUT2D eigenvalue weighted by Crippen LogP contribution is -2.29. The van der Waals surface area contributed by atoms with Crippen LogP contribution in [-0.4, -0.2) is 4.57 Å². The number of nitrogens with zero attached hydrogens (tertiary/aromatic N) is 2. The summed E-state index contributed by atoms with van der Waals surface area (Å²) in [4.78, 5) is 2.26. The van der Waals surface area contributed by atoms with Crippen molar-refractivity contribution in [3.05, 3.63) is 253 Å². The van der Waals surface area contributed by atoms with Crippen LogP contribution in [0.3, 0.4) is 0 Å². The predicted molar refractivity (Wildman–Crippen MR) is 248 cm³/mol. The molecule has 1 heterocycles. The van der Waals surface area contributed by atoms with Crippen LogP contribution in [0.2, 0.25) is 0 Å². The van der Waals surface area contributed by atoms with E-state index in [1.54, 1.807) is 0 Å². The SMILES string of the molecule is [2H]c1c([2H])c([2H])c2c(C3(c4cccc5c4c4ccccc4n5-c4ccccc4)c4ccccc4-c4cc(N(c5ccccc5)c5cccc6ccccc56)ccc43)c([2H])c([2H])c([2H])c2c1[2H]. The Labute approximate surface area is 353 Å². The van der Waals surface area contributed by atoms with E-state index in [1.807, 2.05) is 72.8 Å². The minimum Gasteiger partial charge on any atom is -0.310 e. The quantitative estimate of drug-likeness (QED) is 0.164. The third kappa shape index (κ3) is 4.87. The molecule has 1 aromatic heterocycles. The van der Waals surface area contributed by atoms with Crippen molar-refractivity contribution in [3.63, 3.8) is 0 Å². The Bertz CT molecular complexity index is 3800.